The number of nitrogens with one attached hydrogen (secondary N) is 1. The number of ketones is 1. The number of Topliss-reactive ketones (excluding diaryl/α,β-unsaturated/α-hetero) is 1. The van der Waals surface area contributed by atoms with Crippen molar-refractivity contribution >= 4 is 52.1 Å². The van der Waals surface area contributed by atoms with Crippen molar-refractivity contribution in [3.05, 3.63) is 109 Å². The quantitative estimate of drug-likeness (QED) is 0.281. The fourth-order valence-corrected chi connectivity index (χ4v) is 6.81. The number of carbonyl (C=O) groups is 2. The predicted molar refractivity (Wildman–Crippen MR) is 146 cm³/mol. The van der Waals surface area contributed by atoms with Crippen molar-refractivity contribution in [1.82, 2.24) is 9.78 Å². The number of aryl methyl sites for hydroxylation is 1. The summed E-state index contributed by atoms with van der Waals surface area (Å²) < 4.78 is 1.63. The molecule has 6 nitrogen and oxygen atoms in total. The summed E-state index contributed by atoms with van der Waals surface area (Å²) in [6, 6.07) is 16.1. The number of hydrogen-bond donors (Lipinski definition) is 2. The average Bonchev–Trinajstić information content (AvgIpc) is 3.52. The molecule has 2 aliphatic rings. The van der Waals surface area contributed by atoms with Crippen LogP contribution in [0.15, 0.2) is 71.2 Å². The van der Waals surface area contributed by atoms with E-state index in [1.165, 1.54) is 0 Å². The Bertz CT molecular complexity index is 1610. The van der Waals surface area contributed by atoms with Gasteiger partial charge in [-0.1, -0.05) is 47.5 Å². The number of aromatic carboxylic acids is 1. The first kappa shape index (κ1) is 24.0. The van der Waals surface area contributed by atoms with Crippen molar-refractivity contribution in [3.63, 3.8) is 0 Å². The maximum Gasteiger partial charge on any atom is 0.337 e. The van der Waals surface area contributed by atoms with Crippen molar-refractivity contribution in [2.24, 2.45) is 0 Å². The monoisotopic (exact) mass is 549 g/mol. The molecule has 0 saturated heterocycles. The zero-order valence-corrected chi connectivity index (χ0v) is 22.0. The predicted octanol–water partition coefficient (Wildman–Crippen LogP) is 7.21. The van der Waals surface area contributed by atoms with Crippen LogP contribution in [0.2, 0.25) is 10.0 Å². The van der Waals surface area contributed by atoms with E-state index >= 15 is 0 Å². The number of carbonyl (C=O) groups excluding carboxylic acids is 1. The highest BCUT2D eigenvalue weighted by Crippen LogP contribution is 2.51. The minimum absolute atomic E-state index is 0.0606. The molecule has 0 fully saturated rings. The molecule has 9 heteroatoms. The number of carboxylic acids is 1. The molecule has 6 rings (SSSR count). The van der Waals surface area contributed by atoms with Crippen molar-refractivity contribution in [2.75, 3.05) is 5.32 Å². The Morgan fingerprint density at radius 2 is 1.95 bits per heavy atom. The van der Waals surface area contributed by atoms with Crippen LogP contribution in [0.3, 0.4) is 0 Å². The van der Waals surface area contributed by atoms with Gasteiger partial charge in [-0.05, 0) is 54.6 Å². The molecule has 2 N–H and O–H groups in total. The van der Waals surface area contributed by atoms with E-state index in [2.05, 4.69) is 11.4 Å². The molecule has 186 valence electrons. The lowest BCUT2D eigenvalue weighted by Gasteiger charge is -2.35. The van der Waals surface area contributed by atoms with Gasteiger partial charge in [0.05, 0.1) is 16.9 Å². The molecule has 4 aromatic rings. The van der Waals surface area contributed by atoms with Crippen LogP contribution in [0, 0.1) is 6.92 Å². The van der Waals surface area contributed by atoms with E-state index in [4.69, 9.17) is 28.3 Å². The Kier molecular flexibility index (Phi) is 5.94. The molecule has 1 aliphatic carbocycles. The maximum absolute atomic E-state index is 13.8. The highest BCUT2D eigenvalue weighted by molar-refractivity contribution is 7.10. The largest absolute Gasteiger partial charge is 0.478 e. The van der Waals surface area contributed by atoms with Crippen LogP contribution in [0.4, 0.5) is 5.82 Å². The van der Waals surface area contributed by atoms with Crippen molar-refractivity contribution in [3.8, 4) is 5.69 Å². The van der Waals surface area contributed by atoms with E-state index in [0.29, 0.717) is 45.7 Å². The minimum Gasteiger partial charge on any atom is -0.478 e. The molecule has 2 aromatic heterocycles. The summed E-state index contributed by atoms with van der Waals surface area (Å²) >= 11 is 14.6. The van der Waals surface area contributed by atoms with Crippen LogP contribution in [0.25, 0.3) is 5.69 Å². The number of halogens is 2. The van der Waals surface area contributed by atoms with Gasteiger partial charge in [0.25, 0.3) is 0 Å². The van der Waals surface area contributed by atoms with Gasteiger partial charge in [0, 0.05) is 50.0 Å². The molecule has 0 radical (unpaired) electrons. The molecular formula is C28H21Cl2N3O3S. The number of allylic oxidation sites excluding steroid dienone is 2. The van der Waals surface area contributed by atoms with E-state index in [9.17, 15) is 14.7 Å². The van der Waals surface area contributed by atoms with Crippen LogP contribution >= 0.6 is 34.5 Å². The zero-order chi connectivity index (χ0) is 25.8. The lowest BCUT2D eigenvalue weighted by Crippen LogP contribution is -2.30. The molecule has 0 amide bonds. The third kappa shape index (κ3) is 3.98. The number of benzene rings is 2. The number of thiophene rings is 1. The highest BCUT2D eigenvalue weighted by atomic mass is 35.5. The summed E-state index contributed by atoms with van der Waals surface area (Å²) in [5.74, 6) is -0.743. The van der Waals surface area contributed by atoms with Crippen LogP contribution < -0.4 is 5.32 Å². The number of para-hydroxylation sites is 1. The molecule has 0 bridgehead atoms. The molecule has 37 heavy (non-hydrogen) atoms. The molecule has 2 aromatic carbocycles. The molecule has 2 atom stereocenters. The van der Waals surface area contributed by atoms with Crippen molar-refractivity contribution < 1.29 is 14.7 Å². The maximum atomic E-state index is 13.8. The second kappa shape index (κ2) is 9.17. The Morgan fingerprint density at radius 1 is 1.14 bits per heavy atom. The van der Waals surface area contributed by atoms with Gasteiger partial charge < -0.3 is 10.4 Å². The van der Waals surface area contributed by atoms with E-state index in [0.717, 1.165) is 21.7 Å². The van der Waals surface area contributed by atoms with Crippen LogP contribution in [0.1, 0.15) is 56.7 Å². The van der Waals surface area contributed by atoms with E-state index in [1.54, 1.807) is 52.4 Å². The van der Waals surface area contributed by atoms with Gasteiger partial charge in [0.1, 0.15) is 5.82 Å². The second-order valence-electron chi connectivity index (χ2n) is 9.24. The van der Waals surface area contributed by atoms with E-state index in [1.807, 2.05) is 24.4 Å². The second-order valence-corrected chi connectivity index (χ2v) is 11.1. The van der Waals surface area contributed by atoms with Gasteiger partial charge in [0.15, 0.2) is 5.78 Å². The third-order valence-corrected chi connectivity index (χ3v) is 8.64. The summed E-state index contributed by atoms with van der Waals surface area (Å²) in [6.45, 7) is 1.87. The van der Waals surface area contributed by atoms with Crippen LogP contribution in [0.5, 0.6) is 0 Å². The molecule has 2 unspecified atom stereocenters. The molecule has 3 heterocycles. The standard InChI is InChI=1S/C28H21Cl2N3O3S/c1-14-24-25(17-9-8-16(29)13-19(17)30)26-20(11-15(12-22(26)34)23-7-4-10-37-23)31-27(24)33(32-14)21-6-3-2-5-18(21)28(35)36/h2-10,13,15,25,31H,11-12H2,1H3,(H,35,36). The zero-order valence-electron chi connectivity index (χ0n) is 19.7. The Balaban J connectivity index is 1.59. The Morgan fingerprint density at radius 3 is 2.68 bits per heavy atom. The summed E-state index contributed by atoms with van der Waals surface area (Å²) in [5, 5.41) is 21.1. The topological polar surface area (TPSA) is 84.2 Å². The van der Waals surface area contributed by atoms with E-state index < -0.39 is 11.9 Å². The lowest BCUT2D eigenvalue weighted by molar-refractivity contribution is -0.116. The molecular weight excluding hydrogens is 529 g/mol. The number of aromatic nitrogens is 2. The summed E-state index contributed by atoms with van der Waals surface area (Å²) in [6.07, 6.45) is 1.06. The fraction of sp³-hybridized carbons (Fsp3) is 0.179. The van der Waals surface area contributed by atoms with Gasteiger partial charge in [0.2, 0.25) is 0 Å². The number of rotatable bonds is 4. The summed E-state index contributed by atoms with van der Waals surface area (Å²) in [5.41, 5.74) is 4.30. The van der Waals surface area contributed by atoms with Gasteiger partial charge in [-0.2, -0.15) is 5.10 Å². The summed E-state index contributed by atoms with van der Waals surface area (Å²) in [7, 11) is 0. The van der Waals surface area contributed by atoms with Crippen LogP contribution in [-0.2, 0) is 4.79 Å². The third-order valence-electron chi connectivity index (χ3n) is 7.04. The number of nitrogens with zero attached hydrogens (tertiary/aromatic N) is 2. The molecule has 1 aliphatic heterocycles. The van der Waals surface area contributed by atoms with Crippen molar-refractivity contribution in [2.45, 2.75) is 31.6 Å². The highest BCUT2D eigenvalue weighted by Gasteiger charge is 2.42. The van der Waals surface area contributed by atoms with E-state index in [-0.39, 0.29) is 17.3 Å². The number of fused-ring (bicyclic) bond motifs is 1. The fourth-order valence-electron chi connectivity index (χ4n) is 5.46. The van der Waals surface area contributed by atoms with Gasteiger partial charge >= 0.3 is 5.97 Å². The first-order valence-electron chi connectivity index (χ1n) is 11.8. The van der Waals surface area contributed by atoms with Gasteiger partial charge in [-0.25, -0.2) is 9.48 Å². The molecule has 0 saturated carbocycles. The summed E-state index contributed by atoms with van der Waals surface area (Å²) in [4.78, 5) is 27.0. The molecule has 0 spiro atoms. The first-order valence-corrected chi connectivity index (χ1v) is 13.4. The minimum atomic E-state index is -1.05. The number of carboxylic acid groups (broad SMARTS) is 1. The van der Waals surface area contributed by atoms with Crippen molar-refractivity contribution in [1.29, 1.82) is 0 Å². The Hall–Kier alpha value is -3.39. The normalized spacial score (nSPS) is 18.8. The average molecular weight is 550 g/mol. The van der Waals surface area contributed by atoms with Gasteiger partial charge in [-0.15, -0.1) is 11.3 Å². The smallest absolute Gasteiger partial charge is 0.337 e. The lowest BCUT2D eigenvalue weighted by atomic mass is 9.73. The number of hydrogen-bond acceptors (Lipinski definition) is 5. The SMILES string of the molecule is Cc1nn(-c2ccccc2C(=O)O)c2c1C(c1ccc(Cl)cc1Cl)C1=C(CC(c3cccs3)CC1=O)N2. The van der Waals surface area contributed by atoms with Gasteiger partial charge in [-0.3, -0.25) is 4.79 Å². The first-order chi connectivity index (χ1) is 17.8. The Labute approximate surface area is 227 Å². The number of anilines is 1. The van der Waals surface area contributed by atoms with Crippen LogP contribution in [-0.4, -0.2) is 26.6 Å².